The third-order valence-electron chi connectivity index (χ3n) is 5.04. The largest absolute Gasteiger partial charge is 0.294 e. The van der Waals surface area contributed by atoms with Gasteiger partial charge in [-0.3, -0.25) is 4.79 Å². The zero-order valence-corrected chi connectivity index (χ0v) is 10.2. The molecule has 3 aliphatic carbocycles. The number of unbranched alkanes of at least 4 members (excludes halogenated alkanes) is 2. The highest BCUT2D eigenvalue weighted by Crippen LogP contribution is 2.56. The Labute approximate surface area is 98.3 Å². The van der Waals surface area contributed by atoms with Gasteiger partial charge >= 0.3 is 0 Å². The number of hydrogen-bond donors (Lipinski definition) is 0. The molecule has 0 radical (unpaired) electrons. The third kappa shape index (κ3) is 1.48. The van der Waals surface area contributed by atoms with Crippen molar-refractivity contribution < 1.29 is 4.79 Å². The fourth-order valence-corrected chi connectivity index (χ4v) is 4.27. The van der Waals surface area contributed by atoms with Gasteiger partial charge in [-0.1, -0.05) is 25.8 Å². The van der Waals surface area contributed by atoms with Gasteiger partial charge in [0, 0.05) is 5.92 Å². The molecule has 1 nitrogen and oxygen atoms in total. The van der Waals surface area contributed by atoms with E-state index in [1.807, 2.05) is 0 Å². The zero-order chi connectivity index (χ0) is 11.1. The number of carbonyl (C=O) groups is 1. The summed E-state index contributed by atoms with van der Waals surface area (Å²) in [4.78, 5) is 12.3. The highest BCUT2D eigenvalue weighted by molar-refractivity contribution is 6.00. The monoisotopic (exact) mass is 218 g/mol. The normalized spacial score (nSPS) is 40.3. The zero-order valence-electron chi connectivity index (χ0n) is 10.2. The van der Waals surface area contributed by atoms with E-state index in [1.54, 1.807) is 0 Å². The number of ketones is 1. The Kier molecular flexibility index (Phi) is 2.65. The molecule has 2 unspecified atom stereocenters. The van der Waals surface area contributed by atoms with Gasteiger partial charge in [-0.05, 0) is 55.4 Å². The van der Waals surface area contributed by atoms with Crippen LogP contribution in [0, 0.1) is 23.7 Å². The van der Waals surface area contributed by atoms with Crippen LogP contribution in [0.4, 0.5) is 0 Å². The highest BCUT2D eigenvalue weighted by atomic mass is 16.1. The van der Waals surface area contributed by atoms with Crippen molar-refractivity contribution in [2.75, 3.05) is 0 Å². The molecule has 4 atom stereocenters. The van der Waals surface area contributed by atoms with Crippen LogP contribution in [-0.4, -0.2) is 5.78 Å². The van der Waals surface area contributed by atoms with E-state index in [4.69, 9.17) is 0 Å². The first-order chi connectivity index (χ1) is 7.81. The maximum absolute atomic E-state index is 12.3. The Morgan fingerprint density at radius 3 is 2.81 bits per heavy atom. The van der Waals surface area contributed by atoms with Gasteiger partial charge in [0.1, 0.15) is 0 Å². The highest BCUT2D eigenvalue weighted by Gasteiger charge is 2.52. The molecule has 0 spiro atoms. The van der Waals surface area contributed by atoms with Gasteiger partial charge in [-0.15, -0.1) is 0 Å². The molecule has 2 bridgehead atoms. The van der Waals surface area contributed by atoms with Gasteiger partial charge in [-0.25, -0.2) is 0 Å². The molecule has 0 aromatic heterocycles. The van der Waals surface area contributed by atoms with E-state index in [9.17, 15) is 4.79 Å². The summed E-state index contributed by atoms with van der Waals surface area (Å²) in [5.41, 5.74) is 1.19. The molecule has 0 amide bonds. The summed E-state index contributed by atoms with van der Waals surface area (Å²) in [5.74, 6) is 3.23. The molecule has 0 aliphatic heterocycles. The van der Waals surface area contributed by atoms with Crippen molar-refractivity contribution in [3.63, 3.8) is 0 Å². The number of hydrogen-bond acceptors (Lipinski definition) is 1. The van der Waals surface area contributed by atoms with Gasteiger partial charge in [0.05, 0.1) is 0 Å². The molecule has 3 rings (SSSR count). The van der Waals surface area contributed by atoms with Crippen molar-refractivity contribution in [2.45, 2.75) is 51.9 Å². The summed E-state index contributed by atoms with van der Waals surface area (Å²) in [6, 6.07) is 0. The maximum Gasteiger partial charge on any atom is 0.162 e. The van der Waals surface area contributed by atoms with Crippen LogP contribution in [0.1, 0.15) is 51.9 Å². The van der Waals surface area contributed by atoms with E-state index in [0.29, 0.717) is 17.6 Å². The Morgan fingerprint density at radius 2 is 2.06 bits per heavy atom. The first kappa shape index (κ1) is 10.6. The fourth-order valence-electron chi connectivity index (χ4n) is 4.27. The molecule has 0 saturated heterocycles. The standard InChI is InChI=1S/C15H22O/c1-2-3-4-5-12-9-13-10-6-7-11(8-10)14(13)15(12)16/h9-11,13-14H,2-8H2,1H3/t10-,11+,13?,14?/m1/s1. The van der Waals surface area contributed by atoms with Crippen molar-refractivity contribution in [3.05, 3.63) is 11.6 Å². The van der Waals surface area contributed by atoms with Crippen molar-refractivity contribution >= 4 is 5.78 Å². The lowest BCUT2D eigenvalue weighted by atomic mass is 9.81. The first-order valence-electron chi connectivity index (χ1n) is 7.06. The SMILES string of the molecule is CCCCCC1=CC2C(C1=O)[C@H]1CC[C@@H]2C1. The van der Waals surface area contributed by atoms with E-state index in [2.05, 4.69) is 13.0 Å². The molecular formula is C15H22O. The lowest BCUT2D eigenvalue weighted by Crippen LogP contribution is -2.23. The van der Waals surface area contributed by atoms with E-state index in [-0.39, 0.29) is 0 Å². The second kappa shape index (κ2) is 4.01. The quantitative estimate of drug-likeness (QED) is 0.657. The van der Waals surface area contributed by atoms with Crippen LogP contribution in [0.15, 0.2) is 11.6 Å². The van der Waals surface area contributed by atoms with Crippen LogP contribution in [-0.2, 0) is 4.79 Å². The molecular weight excluding hydrogens is 196 g/mol. The van der Waals surface area contributed by atoms with Crippen molar-refractivity contribution in [1.82, 2.24) is 0 Å². The summed E-state index contributed by atoms with van der Waals surface area (Å²) in [6.45, 7) is 2.22. The minimum Gasteiger partial charge on any atom is -0.294 e. The molecule has 2 saturated carbocycles. The third-order valence-corrected chi connectivity index (χ3v) is 5.04. The molecule has 0 aromatic rings. The number of fused-ring (bicyclic) bond motifs is 5. The average molecular weight is 218 g/mol. The molecule has 0 N–H and O–H groups in total. The van der Waals surface area contributed by atoms with Crippen molar-refractivity contribution in [2.24, 2.45) is 23.7 Å². The second-order valence-electron chi connectivity index (χ2n) is 5.95. The molecule has 88 valence electrons. The molecule has 0 aromatic carbocycles. The Balaban J connectivity index is 1.68. The van der Waals surface area contributed by atoms with Crippen LogP contribution in [0.5, 0.6) is 0 Å². The van der Waals surface area contributed by atoms with E-state index in [0.717, 1.165) is 18.3 Å². The maximum atomic E-state index is 12.3. The summed E-state index contributed by atoms with van der Waals surface area (Å²) in [6.07, 6.45) is 11.2. The molecule has 3 aliphatic rings. The lowest BCUT2D eigenvalue weighted by Gasteiger charge is -2.22. The summed E-state index contributed by atoms with van der Waals surface area (Å²) in [7, 11) is 0. The van der Waals surface area contributed by atoms with Gasteiger partial charge in [0.25, 0.3) is 0 Å². The molecule has 16 heavy (non-hydrogen) atoms. The number of Topliss-reactive ketones (excluding diaryl/α,β-unsaturated/α-hetero) is 1. The number of rotatable bonds is 4. The van der Waals surface area contributed by atoms with Gasteiger partial charge in [0.15, 0.2) is 5.78 Å². The van der Waals surface area contributed by atoms with E-state index in [1.165, 1.54) is 44.1 Å². The van der Waals surface area contributed by atoms with Crippen molar-refractivity contribution in [1.29, 1.82) is 0 Å². The second-order valence-corrected chi connectivity index (χ2v) is 5.95. The van der Waals surface area contributed by atoms with Crippen LogP contribution in [0.2, 0.25) is 0 Å². The Morgan fingerprint density at radius 1 is 1.25 bits per heavy atom. The summed E-state index contributed by atoms with van der Waals surface area (Å²) >= 11 is 0. The van der Waals surface area contributed by atoms with E-state index >= 15 is 0 Å². The van der Waals surface area contributed by atoms with Crippen LogP contribution < -0.4 is 0 Å². The topological polar surface area (TPSA) is 17.1 Å². The number of allylic oxidation sites excluding steroid dienone is 2. The summed E-state index contributed by atoms with van der Waals surface area (Å²) < 4.78 is 0. The summed E-state index contributed by atoms with van der Waals surface area (Å²) in [5, 5.41) is 0. The minimum atomic E-state index is 0.426. The van der Waals surface area contributed by atoms with Crippen LogP contribution in [0.25, 0.3) is 0 Å². The first-order valence-corrected chi connectivity index (χ1v) is 7.06. The Bertz CT molecular complexity index is 328. The lowest BCUT2D eigenvalue weighted by molar-refractivity contribution is -0.120. The smallest absolute Gasteiger partial charge is 0.162 e. The van der Waals surface area contributed by atoms with Gasteiger partial charge in [-0.2, -0.15) is 0 Å². The fraction of sp³-hybridized carbons (Fsp3) is 0.800. The van der Waals surface area contributed by atoms with E-state index < -0.39 is 0 Å². The van der Waals surface area contributed by atoms with Gasteiger partial charge < -0.3 is 0 Å². The molecule has 0 heterocycles. The molecule has 2 fully saturated rings. The van der Waals surface area contributed by atoms with Crippen LogP contribution in [0.3, 0.4) is 0 Å². The predicted molar refractivity (Wildman–Crippen MR) is 65.0 cm³/mol. The van der Waals surface area contributed by atoms with Gasteiger partial charge in [0.2, 0.25) is 0 Å². The van der Waals surface area contributed by atoms with Crippen molar-refractivity contribution in [3.8, 4) is 0 Å². The molecule has 1 heteroatoms. The number of carbonyl (C=O) groups excluding carboxylic acids is 1. The average Bonchev–Trinajstić information content (AvgIpc) is 2.93. The predicted octanol–water partition coefficient (Wildman–Crippen LogP) is 3.74. The minimum absolute atomic E-state index is 0.426. The van der Waals surface area contributed by atoms with Crippen LogP contribution >= 0.6 is 0 Å². The Hall–Kier alpha value is -0.590.